The van der Waals surface area contributed by atoms with Gasteiger partial charge in [-0.05, 0) is 20.0 Å². The molecule has 0 spiro atoms. The minimum atomic E-state index is 0.485. The van der Waals surface area contributed by atoms with E-state index in [-0.39, 0.29) is 0 Å². The highest BCUT2D eigenvalue weighted by atomic mass is 15.2. The fourth-order valence-electron chi connectivity index (χ4n) is 1.29. The summed E-state index contributed by atoms with van der Waals surface area (Å²) in [5, 5.41) is 11.4. The van der Waals surface area contributed by atoms with Crippen molar-refractivity contribution in [3.8, 4) is 6.07 Å². The second-order valence-electron chi connectivity index (χ2n) is 2.79. The molecule has 10 heavy (non-hydrogen) atoms. The standard InChI is InChI=1S/C7H13N3/c1-10-5-2-7(6-10)9-4-3-8/h7,9H,2,4-6H2,1H3. The smallest absolute Gasteiger partial charge is 0.0843 e. The third-order valence-electron chi connectivity index (χ3n) is 1.86. The Balaban J connectivity index is 2.14. The van der Waals surface area contributed by atoms with Crippen LogP contribution in [0.4, 0.5) is 0 Å². The number of likely N-dealkylation sites (N-methyl/N-ethyl adjacent to an activating group) is 1. The van der Waals surface area contributed by atoms with E-state index in [2.05, 4.69) is 23.3 Å². The average molecular weight is 139 g/mol. The summed E-state index contributed by atoms with van der Waals surface area (Å²) in [5.41, 5.74) is 0. The molecule has 0 aromatic heterocycles. The van der Waals surface area contributed by atoms with Crippen molar-refractivity contribution in [2.24, 2.45) is 0 Å². The normalized spacial score (nSPS) is 26.6. The van der Waals surface area contributed by atoms with Gasteiger partial charge in [0.15, 0.2) is 0 Å². The average Bonchev–Trinajstić information content (AvgIpc) is 2.31. The van der Waals surface area contributed by atoms with Crippen LogP contribution in [0.2, 0.25) is 0 Å². The summed E-state index contributed by atoms with van der Waals surface area (Å²) < 4.78 is 0. The first-order valence-electron chi connectivity index (χ1n) is 3.62. The van der Waals surface area contributed by atoms with E-state index in [1.807, 2.05) is 0 Å². The number of rotatable bonds is 2. The highest BCUT2D eigenvalue weighted by Crippen LogP contribution is 2.04. The maximum Gasteiger partial charge on any atom is 0.0843 e. The van der Waals surface area contributed by atoms with Gasteiger partial charge in [0, 0.05) is 12.6 Å². The van der Waals surface area contributed by atoms with Crippen molar-refractivity contribution < 1.29 is 0 Å². The lowest BCUT2D eigenvalue weighted by Gasteiger charge is -2.08. The zero-order valence-corrected chi connectivity index (χ0v) is 6.30. The van der Waals surface area contributed by atoms with E-state index in [1.165, 1.54) is 6.42 Å². The highest BCUT2D eigenvalue weighted by molar-refractivity contribution is 4.83. The maximum absolute atomic E-state index is 8.27. The van der Waals surface area contributed by atoms with Gasteiger partial charge in [-0.25, -0.2) is 0 Å². The molecule has 0 aliphatic carbocycles. The number of nitrogens with one attached hydrogen (secondary N) is 1. The van der Waals surface area contributed by atoms with E-state index < -0.39 is 0 Å². The van der Waals surface area contributed by atoms with E-state index in [1.54, 1.807) is 0 Å². The fraction of sp³-hybridized carbons (Fsp3) is 0.857. The van der Waals surface area contributed by atoms with Gasteiger partial charge in [-0.3, -0.25) is 0 Å². The first-order chi connectivity index (χ1) is 4.83. The quantitative estimate of drug-likeness (QED) is 0.539. The number of nitriles is 1. The molecule has 1 unspecified atom stereocenters. The molecule has 0 aromatic rings. The third kappa shape index (κ3) is 1.98. The molecule has 1 saturated heterocycles. The van der Waals surface area contributed by atoms with Crippen LogP contribution < -0.4 is 5.32 Å². The van der Waals surface area contributed by atoms with E-state index in [0.29, 0.717) is 12.6 Å². The molecule has 56 valence electrons. The van der Waals surface area contributed by atoms with Gasteiger partial charge in [0.25, 0.3) is 0 Å². The lowest BCUT2D eigenvalue weighted by molar-refractivity contribution is 0.401. The predicted octanol–water partition coefficient (Wildman–Crippen LogP) is -0.196. The minimum absolute atomic E-state index is 0.485. The van der Waals surface area contributed by atoms with Crippen LogP contribution in [0.1, 0.15) is 6.42 Å². The number of nitrogens with zero attached hydrogens (tertiary/aromatic N) is 2. The largest absolute Gasteiger partial charge is 0.305 e. The Labute approximate surface area is 61.6 Å². The Bertz CT molecular complexity index is 138. The minimum Gasteiger partial charge on any atom is -0.305 e. The summed E-state index contributed by atoms with van der Waals surface area (Å²) >= 11 is 0. The number of likely N-dealkylation sites (tertiary alicyclic amines) is 1. The summed E-state index contributed by atoms with van der Waals surface area (Å²) in [5.74, 6) is 0. The van der Waals surface area contributed by atoms with Gasteiger partial charge in [-0.15, -0.1) is 0 Å². The van der Waals surface area contributed by atoms with Crippen LogP contribution in [0.3, 0.4) is 0 Å². The van der Waals surface area contributed by atoms with E-state index in [0.717, 1.165) is 13.1 Å². The molecule has 1 rings (SSSR count). The molecule has 1 fully saturated rings. The Kier molecular flexibility index (Phi) is 2.67. The van der Waals surface area contributed by atoms with E-state index in [9.17, 15) is 0 Å². The monoisotopic (exact) mass is 139 g/mol. The van der Waals surface area contributed by atoms with Crippen molar-refractivity contribution in [1.29, 1.82) is 5.26 Å². The first kappa shape index (κ1) is 7.52. The molecule has 0 radical (unpaired) electrons. The van der Waals surface area contributed by atoms with Crippen molar-refractivity contribution in [2.45, 2.75) is 12.5 Å². The second-order valence-corrected chi connectivity index (χ2v) is 2.79. The Morgan fingerprint density at radius 3 is 3.10 bits per heavy atom. The molecule has 3 heteroatoms. The SMILES string of the molecule is CN1CCC(NCC#N)C1. The van der Waals surface area contributed by atoms with Crippen molar-refractivity contribution in [2.75, 3.05) is 26.7 Å². The molecule has 1 aliphatic rings. The Hall–Kier alpha value is -0.590. The number of hydrogen-bond donors (Lipinski definition) is 1. The summed E-state index contributed by atoms with van der Waals surface area (Å²) in [6.45, 7) is 2.73. The fourth-order valence-corrected chi connectivity index (χ4v) is 1.29. The molecule has 1 N–H and O–H groups in total. The molecule has 3 nitrogen and oxygen atoms in total. The molecule has 0 bridgehead atoms. The van der Waals surface area contributed by atoms with Crippen LogP contribution in [0.15, 0.2) is 0 Å². The molecule has 0 saturated carbocycles. The summed E-state index contributed by atoms with van der Waals surface area (Å²) in [6, 6.07) is 2.63. The highest BCUT2D eigenvalue weighted by Gasteiger charge is 2.17. The Morgan fingerprint density at radius 1 is 1.80 bits per heavy atom. The van der Waals surface area contributed by atoms with Gasteiger partial charge in [0.05, 0.1) is 12.6 Å². The molecule has 0 amide bonds. The first-order valence-corrected chi connectivity index (χ1v) is 3.62. The molecular formula is C7H13N3. The maximum atomic E-state index is 8.27. The second kappa shape index (κ2) is 3.55. The van der Waals surface area contributed by atoms with Gasteiger partial charge < -0.3 is 10.2 Å². The van der Waals surface area contributed by atoms with Crippen molar-refractivity contribution in [3.63, 3.8) is 0 Å². The van der Waals surface area contributed by atoms with Gasteiger partial charge in [-0.2, -0.15) is 5.26 Å². The van der Waals surface area contributed by atoms with E-state index >= 15 is 0 Å². The van der Waals surface area contributed by atoms with Crippen molar-refractivity contribution in [3.05, 3.63) is 0 Å². The van der Waals surface area contributed by atoms with Gasteiger partial charge in [0.2, 0.25) is 0 Å². The lowest BCUT2D eigenvalue weighted by atomic mass is 10.3. The topological polar surface area (TPSA) is 39.1 Å². The molecular weight excluding hydrogens is 126 g/mol. The molecule has 1 aliphatic heterocycles. The zero-order valence-electron chi connectivity index (χ0n) is 6.30. The van der Waals surface area contributed by atoms with Crippen LogP contribution >= 0.6 is 0 Å². The van der Waals surface area contributed by atoms with Gasteiger partial charge in [0.1, 0.15) is 0 Å². The molecule has 0 aromatic carbocycles. The van der Waals surface area contributed by atoms with Crippen LogP contribution in [0.5, 0.6) is 0 Å². The van der Waals surface area contributed by atoms with Crippen LogP contribution in [0, 0.1) is 11.3 Å². The van der Waals surface area contributed by atoms with Crippen molar-refractivity contribution in [1.82, 2.24) is 10.2 Å². The van der Waals surface area contributed by atoms with Crippen LogP contribution in [0.25, 0.3) is 0 Å². The molecule has 1 atom stereocenters. The van der Waals surface area contributed by atoms with E-state index in [4.69, 9.17) is 5.26 Å². The Morgan fingerprint density at radius 2 is 2.60 bits per heavy atom. The lowest BCUT2D eigenvalue weighted by Crippen LogP contribution is -2.31. The van der Waals surface area contributed by atoms with Crippen LogP contribution in [-0.2, 0) is 0 Å². The summed E-state index contributed by atoms with van der Waals surface area (Å²) in [7, 11) is 2.11. The van der Waals surface area contributed by atoms with Crippen LogP contribution in [-0.4, -0.2) is 37.6 Å². The van der Waals surface area contributed by atoms with Gasteiger partial charge >= 0.3 is 0 Å². The summed E-state index contributed by atoms with van der Waals surface area (Å²) in [6.07, 6.45) is 1.18. The summed E-state index contributed by atoms with van der Waals surface area (Å²) in [4.78, 5) is 2.27. The molecule has 1 heterocycles. The predicted molar refractivity (Wildman–Crippen MR) is 39.5 cm³/mol. The van der Waals surface area contributed by atoms with Crippen molar-refractivity contribution >= 4 is 0 Å². The third-order valence-corrected chi connectivity index (χ3v) is 1.86. The number of hydrogen-bond acceptors (Lipinski definition) is 3. The van der Waals surface area contributed by atoms with Gasteiger partial charge in [-0.1, -0.05) is 0 Å². The zero-order chi connectivity index (χ0) is 7.40.